The van der Waals surface area contributed by atoms with Crippen molar-refractivity contribution < 1.29 is 18.7 Å². The molecule has 0 saturated carbocycles. The maximum atomic E-state index is 13.1. The molecule has 1 heterocycles. The van der Waals surface area contributed by atoms with Gasteiger partial charge in [-0.2, -0.15) is 0 Å². The Kier molecular flexibility index (Phi) is 4.47. The lowest BCUT2D eigenvalue weighted by atomic mass is 9.94. The van der Waals surface area contributed by atoms with Crippen LogP contribution < -0.4 is 0 Å². The molecule has 1 saturated heterocycles. The van der Waals surface area contributed by atoms with Crippen LogP contribution >= 0.6 is 0 Å². The zero-order valence-corrected chi connectivity index (χ0v) is 10.6. The molecule has 0 radical (unpaired) electrons. The molecule has 19 heavy (non-hydrogen) atoms. The van der Waals surface area contributed by atoms with Gasteiger partial charge in [0.05, 0.1) is 0 Å². The number of hydrogen-bond acceptors (Lipinski definition) is 2. The quantitative estimate of drug-likeness (QED) is 0.914. The first-order chi connectivity index (χ1) is 9.10. The van der Waals surface area contributed by atoms with Crippen molar-refractivity contribution in [1.29, 1.82) is 0 Å². The van der Waals surface area contributed by atoms with Crippen molar-refractivity contribution in [3.63, 3.8) is 0 Å². The molecule has 1 N–H and O–H groups in total. The second kappa shape index (κ2) is 6.10. The second-order valence-electron chi connectivity index (χ2n) is 4.93. The van der Waals surface area contributed by atoms with E-state index in [1.54, 1.807) is 4.90 Å². The van der Waals surface area contributed by atoms with Crippen molar-refractivity contribution in [2.45, 2.75) is 19.3 Å². The summed E-state index contributed by atoms with van der Waals surface area (Å²) >= 11 is 0. The van der Waals surface area contributed by atoms with Gasteiger partial charge in [-0.05, 0) is 37.3 Å². The van der Waals surface area contributed by atoms with Gasteiger partial charge < -0.3 is 10.0 Å². The smallest absolute Gasteiger partial charge is 0.254 e. The zero-order chi connectivity index (χ0) is 13.8. The molecule has 1 fully saturated rings. The summed E-state index contributed by atoms with van der Waals surface area (Å²) in [6.07, 6.45) is 2.48. The third-order valence-corrected chi connectivity index (χ3v) is 3.45. The molecule has 1 unspecified atom stereocenters. The van der Waals surface area contributed by atoms with Gasteiger partial charge in [0.1, 0.15) is 11.6 Å². The molecule has 2 rings (SSSR count). The minimum absolute atomic E-state index is 0.0437. The minimum atomic E-state index is -0.743. The second-order valence-corrected chi connectivity index (χ2v) is 4.93. The molecular formula is C14H17F2NO2. The molecule has 0 bridgehead atoms. The number of likely N-dealkylation sites (tertiary alicyclic amines) is 1. The summed E-state index contributed by atoms with van der Waals surface area (Å²) in [7, 11) is 0. The maximum absolute atomic E-state index is 13.1. The minimum Gasteiger partial charge on any atom is -0.396 e. The molecule has 1 aliphatic heterocycles. The highest BCUT2D eigenvalue weighted by Crippen LogP contribution is 2.21. The average molecular weight is 269 g/mol. The normalized spacial score (nSPS) is 19.5. The van der Waals surface area contributed by atoms with E-state index in [1.807, 2.05) is 0 Å². The van der Waals surface area contributed by atoms with Gasteiger partial charge in [0.2, 0.25) is 0 Å². The van der Waals surface area contributed by atoms with Crippen LogP contribution in [-0.4, -0.2) is 35.6 Å². The van der Waals surface area contributed by atoms with E-state index in [4.69, 9.17) is 5.11 Å². The summed E-state index contributed by atoms with van der Waals surface area (Å²) in [5, 5.41) is 8.93. The van der Waals surface area contributed by atoms with Crippen LogP contribution in [0.4, 0.5) is 8.78 Å². The van der Waals surface area contributed by atoms with Crippen molar-refractivity contribution in [2.75, 3.05) is 19.7 Å². The van der Waals surface area contributed by atoms with Crippen molar-refractivity contribution in [1.82, 2.24) is 4.90 Å². The third kappa shape index (κ3) is 3.50. The fraction of sp³-hybridized carbons (Fsp3) is 0.500. The lowest BCUT2D eigenvalue weighted by Crippen LogP contribution is -2.40. The number of hydrogen-bond donors (Lipinski definition) is 1. The number of carbonyl (C=O) groups is 1. The zero-order valence-electron chi connectivity index (χ0n) is 10.6. The van der Waals surface area contributed by atoms with Crippen molar-refractivity contribution in [3.8, 4) is 0 Å². The summed E-state index contributed by atoms with van der Waals surface area (Å²) in [6, 6.07) is 2.86. The summed E-state index contributed by atoms with van der Waals surface area (Å²) < 4.78 is 26.2. The predicted octanol–water partition coefficient (Wildman–Crippen LogP) is 2.20. The fourth-order valence-electron chi connectivity index (χ4n) is 2.53. The number of benzene rings is 1. The summed E-state index contributed by atoms with van der Waals surface area (Å²) in [5.41, 5.74) is 0.0437. The molecule has 104 valence electrons. The standard InChI is InChI=1S/C14H17F2NO2/c15-12-6-11(7-13(16)8-12)14(19)17-4-1-2-10(9-17)3-5-18/h6-8,10,18H,1-5,9H2. The first-order valence-electron chi connectivity index (χ1n) is 6.46. The Hall–Kier alpha value is -1.49. The Morgan fingerprint density at radius 2 is 2.00 bits per heavy atom. The molecule has 1 aromatic carbocycles. The van der Waals surface area contributed by atoms with Gasteiger partial charge in [0.15, 0.2) is 0 Å². The number of amides is 1. The van der Waals surface area contributed by atoms with E-state index in [2.05, 4.69) is 0 Å². The molecule has 0 spiro atoms. The molecule has 1 atom stereocenters. The Morgan fingerprint density at radius 1 is 1.32 bits per heavy atom. The van der Waals surface area contributed by atoms with Crippen LogP contribution in [0, 0.1) is 17.6 Å². The van der Waals surface area contributed by atoms with Gasteiger partial charge in [-0.25, -0.2) is 8.78 Å². The van der Waals surface area contributed by atoms with E-state index in [0.717, 1.165) is 31.0 Å². The summed E-state index contributed by atoms with van der Waals surface area (Å²) in [6.45, 7) is 1.23. The van der Waals surface area contributed by atoms with Crippen molar-refractivity contribution in [2.24, 2.45) is 5.92 Å². The van der Waals surface area contributed by atoms with Crippen LogP contribution in [-0.2, 0) is 0 Å². The van der Waals surface area contributed by atoms with Gasteiger partial charge in [-0.3, -0.25) is 4.79 Å². The highest BCUT2D eigenvalue weighted by Gasteiger charge is 2.24. The van der Waals surface area contributed by atoms with E-state index >= 15 is 0 Å². The molecule has 0 aliphatic carbocycles. The van der Waals surface area contributed by atoms with Crippen LogP contribution in [0.2, 0.25) is 0 Å². The molecule has 0 aromatic heterocycles. The topological polar surface area (TPSA) is 40.5 Å². The Bertz CT molecular complexity index is 443. The molecule has 1 aromatic rings. The lowest BCUT2D eigenvalue weighted by Gasteiger charge is -2.32. The number of halogens is 2. The number of aliphatic hydroxyl groups excluding tert-OH is 1. The molecule has 5 heteroatoms. The average Bonchev–Trinajstić information content (AvgIpc) is 2.37. The van der Waals surface area contributed by atoms with E-state index < -0.39 is 11.6 Å². The largest absolute Gasteiger partial charge is 0.396 e. The summed E-state index contributed by atoms with van der Waals surface area (Å²) in [4.78, 5) is 13.8. The number of carbonyl (C=O) groups excluding carboxylic acids is 1. The maximum Gasteiger partial charge on any atom is 0.254 e. The third-order valence-electron chi connectivity index (χ3n) is 3.45. The van der Waals surface area contributed by atoms with Gasteiger partial charge in [0, 0.05) is 31.3 Å². The number of nitrogens with zero attached hydrogens (tertiary/aromatic N) is 1. The van der Waals surface area contributed by atoms with E-state index in [0.29, 0.717) is 19.5 Å². The van der Waals surface area contributed by atoms with Gasteiger partial charge in [0.25, 0.3) is 5.91 Å². The van der Waals surface area contributed by atoms with E-state index in [-0.39, 0.29) is 24.0 Å². The first kappa shape index (κ1) is 13.9. The molecule has 1 aliphatic rings. The van der Waals surface area contributed by atoms with Crippen LogP contribution in [0.25, 0.3) is 0 Å². The van der Waals surface area contributed by atoms with Gasteiger partial charge >= 0.3 is 0 Å². The number of aliphatic hydroxyl groups is 1. The molecular weight excluding hydrogens is 252 g/mol. The number of piperidine rings is 1. The fourth-order valence-corrected chi connectivity index (χ4v) is 2.53. The highest BCUT2D eigenvalue weighted by atomic mass is 19.1. The first-order valence-corrected chi connectivity index (χ1v) is 6.46. The Balaban J connectivity index is 2.10. The van der Waals surface area contributed by atoms with Crippen LogP contribution in [0.15, 0.2) is 18.2 Å². The number of rotatable bonds is 3. The van der Waals surface area contributed by atoms with E-state index in [1.165, 1.54) is 0 Å². The summed E-state index contributed by atoms with van der Waals surface area (Å²) in [5.74, 6) is -1.57. The SMILES string of the molecule is O=C(c1cc(F)cc(F)c1)N1CCCC(CCO)C1. The van der Waals surface area contributed by atoms with Gasteiger partial charge in [-0.1, -0.05) is 0 Å². The van der Waals surface area contributed by atoms with Crippen LogP contribution in [0.5, 0.6) is 0 Å². The lowest BCUT2D eigenvalue weighted by molar-refractivity contribution is 0.0652. The monoisotopic (exact) mass is 269 g/mol. The highest BCUT2D eigenvalue weighted by molar-refractivity contribution is 5.94. The molecule has 1 amide bonds. The van der Waals surface area contributed by atoms with Crippen LogP contribution in [0.1, 0.15) is 29.6 Å². The Morgan fingerprint density at radius 3 is 2.63 bits per heavy atom. The predicted molar refractivity (Wildman–Crippen MR) is 66.7 cm³/mol. The van der Waals surface area contributed by atoms with Crippen molar-refractivity contribution in [3.05, 3.63) is 35.4 Å². The Labute approximate surface area is 110 Å². The van der Waals surface area contributed by atoms with Crippen molar-refractivity contribution >= 4 is 5.91 Å². The molecule has 3 nitrogen and oxygen atoms in total. The van der Waals surface area contributed by atoms with E-state index in [9.17, 15) is 13.6 Å². The van der Waals surface area contributed by atoms with Gasteiger partial charge in [-0.15, -0.1) is 0 Å². The van der Waals surface area contributed by atoms with Crippen LogP contribution in [0.3, 0.4) is 0 Å².